The fourth-order valence-corrected chi connectivity index (χ4v) is 3.71. The van der Waals surface area contributed by atoms with Crippen LogP contribution in [-0.2, 0) is 16.1 Å². The maximum atomic E-state index is 12.3. The summed E-state index contributed by atoms with van der Waals surface area (Å²) in [6.07, 6.45) is 0. The predicted octanol–water partition coefficient (Wildman–Crippen LogP) is 5.24. The van der Waals surface area contributed by atoms with E-state index in [4.69, 9.17) is 21.1 Å². The topological polar surface area (TPSA) is 77.5 Å². The van der Waals surface area contributed by atoms with Crippen molar-refractivity contribution in [2.24, 2.45) is 0 Å². The number of benzene rings is 2. The van der Waals surface area contributed by atoms with E-state index in [0.717, 1.165) is 4.47 Å². The Kier molecular flexibility index (Phi) is 7.24. The van der Waals surface area contributed by atoms with E-state index in [9.17, 15) is 9.59 Å². The number of carbonyl (C=O) groups is 2. The highest BCUT2D eigenvalue weighted by Crippen LogP contribution is 2.23. The van der Waals surface area contributed by atoms with Crippen LogP contribution >= 0.6 is 38.9 Å². The number of carbonyl (C=O) groups excluding carboxylic acids is 2. The summed E-state index contributed by atoms with van der Waals surface area (Å²) in [6, 6.07) is 14.1. The quantitative estimate of drug-likeness (QED) is 0.454. The SMILES string of the molecule is Cc1nc(COc2ccc(Cl)cc2)sc1C(=O)OCC(=O)Nc1ccccc1Br. The first-order valence-electron chi connectivity index (χ1n) is 8.48. The molecule has 1 heterocycles. The van der Waals surface area contributed by atoms with E-state index in [1.54, 1.807) is 49.4 Å². The number of aromatic nitrogens is 1. The summed E-state index contributed by atoms with van der Waals surface area (Å²) < 4.78 is 11.5. The highest BCUT2D eigenvalue weighted by atomic mass is 79.9. The summed E-state index contributed by atoms with van der Waals surface area (Å²) in [5.41, 5.74) is 1.13. The van der Waals surface area contributed by atoms with Crippen molar-refractivity contribution in [3.8, 4) is 5.75 Å². The molecule has 0 aliphatic carbocycles. The Balaban J connectivity index is 1.53. The largest absolute Gasteiger partial charge is 0.486 e. The van der Waals surface area contributed by atoms with Gasteiger partial charge < -0.3 is 14.8 Å². The number of halogens is 2. The smallest absolute Gasteiger partial charge is 0.350 e. The maximum Gasteiger partial charge on any atom is 0.350 e. The zero-order chi connectivity index (χ0) is 20.8. The lowest BCUT2D eigenvalue weighted by Gasteiger charge is -2.07. The summed E-state index contributed by atoms with van der Waals surface area (Å²) in [6.45, 7) is 1.52. The van der Waals surface area contributed by atoms with Gasteiger partial charge in [0.1, 0.15) is 22.2 Å². The van der Waals surface area contributed by atoms with Crippen LogP contribution in [0.3, 0.4) is 0 Å². The molecule has 0 radical (unpaired) electrons. The molecule has 0 bridgehead atoms. The Morgan fingerprint density at radius 3 is 2.62 bits per heavy atom. The van der Waals surface area contributed by atoms with Crippen LogP contribution in [0.2, 0.25) is 5.02 Å². The Morgan fingerprint density at radius 2 is 1.90 bits per heavy atom. The fourth-order valence-electron chi connectivity index (χ4n) is 2.32. The predicted molar refractivity (Wildman–Crippen MR) is 116 cm³/mol. The highest BCUT2D eigenvalue weighted by molar-refractivity contribution is 9.10. The zero-order valence-corrected chi connectivity index (χ0v) is 18.4. The summed E-state index contributed by atoms with van der Waals surface area (Å²) in [5.74, 6) is -0.381. The second-order valence-corrected chi connectivity index (χ2v) is 8.24. The van der Waals surface area contributed by atoms with Crippen molar-refractivity contribution in [1.29, 1.82) is 0 Å². The van der Waals surface area contributed by atoms with Gasteiger partial charge in [0.15, 0.2) is 6.61 Å². The van der Waals surface area contributed by atoms with E-state index in [0.29, 0.717) is 32.0 Å². The van der Waals surface area contributed by atoms with Gasteiger partial charge in [-0.05, 0) is 59.3 Å². The van der Waals surface area contributed by atoms with Gasteiger partial charge in [0, 0.05) is 9.50 Å². The van der Waals surface area contributed by atoms with Crippen LogP contribution in [0.15, 0.2) is 53.0 Å². The van der Waals surface area contributed by atoms with E-state index in [1.807, 2.05) is 6.07 Å². The molecule has 3 rings (SSSR count). The second kappa shape index (κ2) is 9.87. The van der Waals surface area contributed by atoms with Crippen LogP contribution < -0.4 is 10.1 Å². The molecule has 6 nitrogen and oxygen atoms in total. The molecule has 9 heteroatoms. The minimum atomic E-state index is -0.597. The molecule has 1 N–H and O–H groups in total. The first kappa shape index (κ1) is 21.3. The van der Waals surface area contributed by atoms with Crippen molar-refractivity contribution in [2.45, 2.75) is 13.5 Å². The number of nitrogens with one attached hydrogen (secondary N) is 1. The number of anilines is 1. The first-order chi connectivity index (χ1) is 13.9. The molecule has 3 aromatic rings. The summed E-state index contributed by atoms with van der Waals surface area (Å²) >= 11 is 10.4. The van der Waals surface area contributed by atoms with Crippen LogP contribution in [0.25, 0.3) is 0 Å². The molecule has 0 aliphatic rings. The number of hydrogen-bond donors (Lipinski definition) is 1. The summed E-state index contributed by atoms with van der Waals surface area (Å²) in [7, 11) is 0. The lowest BCUT2D eigenvalue weighted by atomic mass is 10.3. The average molecular weight is 496 g/mol. The lowest BCUT2D eigenvalue weighted by Crippen LogP contribution is -2.21. The van der Waals surface area contributed by atoms with Crippen molar-refractivity contribution in [3.63, 3.8) is 0 Å². The van der Waals surface area contributed by atoms with Crippen molar-refractivity contribution in [2.75, 3.05) is 11.9 Å². The minimum Gasteiger partial charge on any atom is -0.486 e. The number of ether oxygens (including phenoxy) is 2. The Labute approximate surface area is 185 Å². The number of rotatable bonds is 7. The molecular formula is C20H16BrClN2O4S. The number of aryl methyl sites for hydroxylation is 1. The molecule has 0 atom stereocenters. The van der Waals surface area contributed by atoms with Crippen LogP contribution in [0, 0.1) is 6.92 Å². The van der Waals surface area contributed by atoms with Crippen molar-refractivity contribution in [3.05, 3.63) is 73.6 Å². The minimum absolute atomic E-state index is 0.211. The molecular weight excluding hydrogens is 480 g/mol. The normalized spacial score (nSPS) is 10.4. The highest BCUT2D eigenvalue weighted by Gasteiger charge is 2.18. The molecule has 1 amide bonds. The van der Waals surface area contributed by atoms with Crippen LogP contribution in [0.4, 0.5) is 5.69 Å². The van der Waals surface area contributed by atoms with Gasteiger partial charge in [0.2, 0.25) is 0 Å². The van der Waals surface area contributed by atoms with Gasteiger partial charge in [-0.1, -0.05) is 23.7 Å². The number of amides is 1. The van der Waals surface area contributed by atoms with Crippen molar-refractivity contribution < 1.29 is 19.1 Å². The maximum absolute atomic E-state index is 12.3. The lowest BCUT2D eigenvalue weighted by molar-refractivity contribution is -0.119. The van der Waals surface area contributed by atoms with Gasteiger partial charge in [0.25, 0.3) is 5.91 Å². The van der Waals surface area contributed by atoms with E-state index < -0.39 is 18.5 Å². The number of thiazole rings is 1. The van der Waals surface area contributed by atoms with Crippen LogP contribution in [0.1, 0.15) is 20.4 Å². The molecule has 150 valence electrons. The van der Waals surface area contributed by atoms with Gasteiger partial charge in [0.05, 0.1) is 11.4 Å². The average Bonchev–Trinajstić information content (AvgIpc) is 3.08. The Hall–Kier alpha value is -2.42. The molecule has 1 aromatic heterocycles. The van der Waals surface area contributed by atoms with Crippen molar-refractivity contribution in [1.82, 2.24) is 4.98 Å². The fraction of sp³-hybridized carbons (Fsp3) is 0.150. The standard InChI is InChI=1S/C20H16BrClN2O4S/c1-12-19(29-18(23-12)11-27-14-8-6-13(22)7-9-14)20(26)28-10-17(25)24-16-5-3-2-4-15(16)21/h2-9H,10-11H2,1H3,(H,24,25). The third kappa shape index (κ3) is 6.03. The third-order valence-electron chi connectivity index (χ3n) is 3.68. The number of esters is 1. The summed E-state index contributed by atoms with van der Waals surface area (Å²) in [5, 5.41) is 3.92. The van der Waals surface area contributed by atoms with Gasteiger partial charge in [-0.15, -0.1) is 11.3 Å². The van der Waals surface area contributed by atoms with Gasteiger partial charge in [-0.25, -0.2) is 9.78 Å². The van der Waals surface area contributed by atoms with E-state index in [-0.39, 0.29) is 6.61 Å². The molecule has 29 heavy (non-hydrogen) atoms. The van der Waals surface area contributed by atoms with E-state index in [2.05, 4.69) is 26.2 Å². The van der Waals surface area contributed by atoms with Crippen molar-refractivity contribution >= 4 is 56.4 Å². The van der Waals surface area contributed by atoms with Crippen LogP contribution in [0.5, 0.6) is 5.75 Å². The van der Waals surface area contributed by atoms with Gasteiger partial charge >= 0.3 is 5.97 Å². The Bertz CT molecular complexity index is 1020. The molecule has 0 spiro atoms. The third-order valence-corrected chi connectivity index (χ3v) is 5.74. The number of nitrogens with zero attached hydrogens (tertiary/aromatic N) is 1. The molecule has 2 aromatic carbocycles. The molecule has 0 fully saturated rings. The van der Waals surface area contributed by atoms with Gasteiger partial charge in [-0.2, -0.15) is 0 Å². The van der Waals surface area contributed by atoms with E-state index in [1.165, 1.54) is 11.3 Å². The molecule has 0 saturated carbocycles. The second-order valence-electron chi connectivity index (χ2n) is 5.87. The first-order valence-corrected chi connectivity index (χ1v) is 10.5. The Morgan fingerprint density at radius 1 is 1.17 bits per heavy atom. The molecule has 0 aliphatic heterocycles. The van der Waals surface area contributed by atoms with Crippen LogP contribution in [-0.4, -0.2) is 23.5 Å². The molecule has 0 saturated heterocycles. The molecule has 0 unspecified atom stereocenters. The summed E-state index contributed by atoms with van der Waals surface area (Å²) in [4.78, 5) is 29.0. The number of para-hydroxylation sites is 1. The van der Waals surface area contributed by atoms with E-state index >= 15 is 0 Å². The monoisotopic (exact) mass is 494 g/mol. The zero-order valence-electron chi connectivity index (χ0n) is 15.3. The number of hydrogen-bond acceptors (Lipinski definition) is 6. The van der Waals surface area contributed by atoms with Gasteiger partial charge in [-0.3, -0.25) is 4.79 Å².